The Morgan fingerprint density at radius 3 is 2.76 bits per heavy atom. The van der Waals surface area contributed by atoms with Gasteiger partial charge in [0.05, 0.1) is 11.9 Å². The Labute approximate surface area is 106 Å². The number of nitrogens with zero attached hydrogens (tertiary/aromatic N) is 1. The van der Waals surface area contributed by atoms with Gasteiger partial charge in [0, 0.05) is 23.0 Å². The maximum atomic E-state index is 11.7. The third-order valence-electron chi connectivity index (χ3n) is 2.64. The van der Waals surface area contributed by atoms with Gasteiger partial charge in [-0.1, -0.05) is 22.0 Å². The zero-order chi connectivity index (χ0) is 12.6. The SMILES string of the molecule is Cn1c(=O)cc(CC(=O)O)c2ccc(Br)cc21. The van der Waals surface area contributed by atoms with Gasteiger partial charge in [-0.2, -0.15) is 0 Å². The molecule has 0 spiro atoms. The van der Waals surface area contributed by atoms with Crippen LogP contribution in [0.1, 0.15) is 5.56 Å². The van der Waals surface area contributed by atoms with Gasteiger partial charge in [0.25, 0.3) is 5.56 Å². The summed E-state index contributed by atoms with van der Waals surface area (Å²) >= 11 is 3.33. The van der Waals surface area contributed by atoms with Gasteiger partial charge in [-0.15, -0.1) is 0 Å². The first-order valence-corrected chi connectivity index (χ1v) is 5.78. The molecule has 1 aromatic carbocycles. The molecule has 0 aliphatic heterocycles. The number of aromatic nitrogens is 1. The first-order chi connectivity index (χ1) is 7.99. The predicted octanol–water partition coefficient (Wildman–Crippen LogP) is 1.93. The summed E-state index contributed by atoms with van der Waals surface area (Å²) in [5, 5.41) is 9.61. The molecule has 2 aromatic rings. The molecule has 4 nitrogen and oxygen atoms in total. The van der Waals surface area contributed by atoms with Gasteiger partial charge >= 0.3 is 5.97 Å². The van der Waals surface area contributed by atoms with Gasteiger partial charge in [-0.05, 0) is 17.7 Å². The third-order valence-corrected chi connectivity index (χ3v) is 3.13. The molecule has 5 heteroatoms. The lowest BCUT2D eigenvalue weighted by molar-refractivity contribution is -0.136. The van der Waals surface area contributed by atoms with E-state index in [1.54, 1.807) is 7.05 Å². The highest BCUT2D eigenvalue weighted by atomic mass is 79.9. The van der Waals surface area contributed by atoms with Gasteiger partial charge < -0.3 is 9.67 Å². The van der Waals surface area contributed by atoms with Crippen molar-refractivity contribution < 1.29 is 9.90 Å². The molecule has 1 aromatic heterocycles. The second kappa shape index (κ2) is 4.33. The number of carboxylic acids is 1. The van der Waals surface area contributed by atoms with E-state index >= 15 is 0 Å². The summed E-state index contributed by atoms with van der Waals surface area (Å²) in [5.41, 5.74) is 1.07. The lowest BCUT2D eigenvalue weighted by Gasteiger charge is -2.09. The predicted molar refractivity (Wildman–Crippen MR) is 68.2 cm³/mol. The summed E-state index contributed by atoms with van der Waals surface area (Å²) in [5.74, 6) is -0.942. The Morgan fingerprint density at radius 2 is 2.12 bits per heavy atom. The Hall–Kier alpha value is -1.62. The molecule has 0 unspecified atom stereocenters. The van der Waals surface area contributed by atoms with E-state index in [2.05, 4.69) is 15.9 Å². The Bertz CT molecular complexity index is 661. The van der Waals surface area contributed by atoms with Gasteiger partial charge in [0.2, 0.25) is 0 Å². The van der Waals surface area contributed by atoms with Crippen LogP contribution in [0.5, 0.6) is 0 Å². The average molecular weight is 296 g/mol. The minimum absolute atomic E-state index is 0.145. The van der Waals surface area contributed by atoms with Crippen LogP contribution >= 0.6 is 15.9 Å². The summed E-state index contributed by atoms with van der Waals surface area (Å²) in [6.45, 7) is 0. The molecule has 0 saturated carbocycles. The van der Waals surface area contributed by atoms with Crippen molar-refractivity contribution in [2.75, 3.05) is 0 Å². The summed E-state index contributed by atoms with van der Waals surface area (Å²) in [6, 6.07) is 6.84. The fraction of sp³-hybridized carbons (Fsp3) is 0.167. The van der Waals surface area contributed by atoms with Gasteiger partial charge in [0.1, 0.15) is 0 Å². The standard InChI is InChI=1S/C12H10BrNO3/c1-14-10-6-8(13)2-3-9(10)7(4-11(14)15)5-12(16)17/h2-4,6H,5H2,1H3,(H,16,17). The van der Waals surface area contributed by atoms with E-state index in [0.717, 1.165) is 15.4 Å². The summed E-state index contributed by atoms with van der Waals surface area (Å²) in [7, 11) is 1.67. The fourth-order valence-corrected chi connectivity index (χ4v) is 2.15. The van der Waals surface area contributed by atoms with Crippen LogP contribution in [-0.4, -0.2) is 15.6 Å². The summed E-state index contributed by atoms with van der Waals surface area (Å²) < 4.78 is 2.36. The minimum Gasteiger partial charge on any atom is -0.481 e. The smallest absolute Gasteiger partial charge is 0.307 e. The normalized spacial score (nSPS) is 10.7. The van der Waals surface area contributed by atoms with Crippen molar-refractivity contribution in [3.05, 3.63) is 44.7 Å². The molecule has 88 valence electrons. The molecule has 1 N–H and O–H groups in total. The lowest BCUT2D eigenvalue weighted by Crippen LogP contribution is -2.18. The van der Waals surface area contributed by atoms with Crippen LogP contribution in [0.25, 0.3) is 10.9 Å². The van der Waals surface area contributed by atoms with Crippen LogP contribution in [0.2, 0.25) is 0 Å². The summed E-state index contributed by atoms with van der Waals surface area (Å²) in [6.07, 6.45) is -0.145. The number of aryl methyl sites for hydroxylation is 1. The topological polar surface area (TPSA) is 59.3 Å². The molecule has 1 heterocycles. The number of carboxylic acid groups (broad SMARTS) is 1. The van der Waals surface area contributed by atoms with E-state index in [4.69, 9.17) is 5.11 Å². The van der Waals surface area contributed by atoms with E-state index in [1.165, 1.54) is 10.6 Å². The van der Waals surface area contributed by atoms with Crippen molar-refractivity contribution in [3.63, 3.8) is 0 Å². The first-order valence-electron chi connectivity index (χ1n) is 4.99. The van der Waals surface area contributed by atoms with E-state index in [1.807, 2.05) is 18.2 Å². The molecular weight excluding hydrogens is 286 g/mol. The van der Waals surface area contributed by atoms with Crippen LogP contribution < -0.4 is 5.56 Å². The number of aliphatic carboxylic acids is 1. The molecular formula is C12H10BrNO3. The number of carbonyl (C=O) groups is 1. The molecule has 0 radical (unpaired) electrons. The van der Waals surface area contributed by atoms with Crippen LogP contribution in [0.3, 0.4) is 0 Å². The Balaban J connectivity index is 2.82. The zero-order valence-corrected chi connectivity index (χ0v) is 10.7. The molecule has 0 saturated heterocycles. The summed E-state index contributed by atoms with van der Waals surface area (Å²) in [4.78, 5) is 22.5. The van der Waals surface area contributed by atoms with Crippen LogP contribution in [-0.2, 0) is 18.3 Å². The molecule has 0 bridgehead atoms. The minimum atomic E-state index is -0.942. The number of rotatable bonds is 2. The molecule has 0 aliphatic carbocycles. The zero-order valence-electron chi connectivity index (χ0n) is 9.11. The number of benzene rings is 1. The molecule has 0 aliphatic rings. The lowest BCUT2D eigenvalue weighted by atomic mass is 10.1. The Morgan fingerprint density at radius 1 is 1.41 bits per heavy atom. The highest BCUT2D eigenvalue weighted by molar-refractivity contribution is 9.10. The Kier molecular flexibility index (Phi) is 3.02. The third kappa shape index (κ3) is 2.24. The number of hydrogen-bond donors (Lipinski definition) is 1. The van der Waals surface area contributed by atoms with Gasteiger partial charge in [-0.25, -0.2) is 0 Å². The van der Waals surface area contributed by atoms with Crippen molar-refractivity contribution in [1.82, 2.24) is 4.57 Å². The highest BCUT2D eigenvalue weighted by Crippen LogP contribution is 2.21. The monoisotopic (exact) mass is 295 g/mol. The van der Waals surface area contributed by atoms with Crippen molar-refractivity contribution in [1.29, 1.82) is 0 Å². The quantitative estimate of drug-likeness (QED) is 0.921. The maximum Gasteiger partial charge on any atom is 0.307 e. The van der Waals surface area contributed by atoms with Crippen LogP contribution in [0.4, 0.5) is 0 Å². The van der Waals surface area contributed by atoms with Crippen molar-refractivity contribution in [3.8, 4) is 0 Å². The number of hydrogen-bond acceptors (Lipinski definition) is 2. The molecule has 0 atom stereocenters. The maximum absolute atomic E-state index is 11.7. The van der Waals surface area contributed by atoms with Crippen molar-refractivity contribution >= 4 is 32.8 Å². The van der Waals surface area contributed by atoms with Gasteiger partial charge in [-0.3, -0.25) is 9.59 Å². The number of fused-ring (bicyclic) bond motifs is 1. The first kappa shape index (κ1) is 11.9. The highest BCUT2D eigenvalue weighted by Gasteiger charge is 2.09. The van der Waals surface area contributed by atoms with Crippen molar-refractivity contribution in [2.24, 2.45) is 7.05 Å². The van der Waals surface area contributed by atoms with E-state index < -0.39 is 5.97 Å². The largest absolute Gasteiger partial charge is 0.481 e. The average Bonchev–Trinajstić information content (AvgIpc) is 2.24. The van der Waals surface area contributed by atoms with Gasteiger partial charge in [0.15, 0.2) is 0 Å². The molecule has 0 amide bonds. The second-order valence-corrected chi connectivity index (χ2v) is 4.71. The van der Waals surface area contributed by atoms with E-state index in [0.29, 0.717) is 5.56 Å². The van der Waals surface area contributed by atoms with Crippen molar-refractivity contribution in [2.45, 2.75) is 6.42 Å². The van der Waals surface area contributed by atoms with E-state index in [9.17, 15) is 9.59 Å². The molecule has 17 heavy (non-hydrogen) atoms. The number of pyridine rings is 1. The fourth-order valence-electron chi connectivity index (χ4n) is 1.81. The number of halogens is 1. The second-order valence-electron chi connectivity index (χ2n) is 3.80. The molecule has 0 fully saturated rings. The molecule has 2 rings (SSSR count). The van der Waals surface area contributed by atoms with Crippen LogP contribution in [0, 0.1) is 0 Å². The van der Waals surface area contributed by atoms with E-state index in [-0.39, 0.29) is 12.0 Å². The van der Waals surface area contributed by atoms with Crippen LogP contribution in [0.15, 0.2) is 33.5 Å².